The van der Waals surface area contributed by atoms with Crippen LogP contribution in [0.5, 0.6) is 5.88 Å². The lowest BCUT2D eigenvalue weighted by Gasteiger charge is -2.23. The van der Waals surface area contributed by atoms with Gasteiger partial charge in [-0.25, -0.2) is 9.97 Å². The summed E-state index contributed by atoms with van der Waals surface area (Å²) in [4.78, 5) is 23.1. The highest BCUT2D eigenvalue weighted by atomic mass is 16.5. The molecule has 1 amide bonds. The monoisotopic (exact) mass is 317 g/mol. The number of ether oxygens (including phenoxy) is 2. The summed E-state index contributed by atoms with van der Waals surface area (Å²) in [5.41, 5.74) is 1.27. The fourth-order valence-electron chi connectivity index (χ4n) is 2.86. The second-order valence-corrected chi connectivity index (χ2v) is 5.48. The zero-order chi connectivity index (χ0) is 16.4. The van der Waals surface area contributed by atoms with Crippen LogP contribution in [0.2, 0.25) is 0 Å². The van der Waals surface area contributed by atoms with E-state index in [2.05, 4.69) is 20.2 Å². The first-order valence-electron chi connectivity index (χ1n) is 7.34. The third kappa shape index (κ3) is 3.02. The van der Waals surface area contributed by atoms with Crippen LogP contribution in [0.4, 0.5) is 0 Å². The van der Waals surface area contributed by atoms with Crippen molar-refractivity contribution in [1.29, 1.82) is 0 Å². The van der Waals surface area contributed by atoms with Crippen molar-refractivity contribution in [1.82, 2.24) is 25.1 Å². The van der Waals surface area contributed by atoms with Gasteiger partial charge in [0.25, 0.3) is 5.91 Å². The average Bonchev–Trinajstić information content (AvgIpc) is 3.22. The zero-order valence-corrected chi connectivity index (χ0v) is 13.3. The summed E-state index contributed by atoms with van der Waals surface area (Å²) in [7, 11) is 3.18. The lowest BCUT2D eigenvalue weighted by molar-refractivity contribution is 0.0683. The number of hydrogen-bond acceptors (Lipinski definition) is 6. The number of amides is 1. The van der Waals surface area contributed by atoms with Crippen LogP contribution < -0.4 is 4.74 Å². The third-order valence-electron chi connectivity index (χ3n) is 3.99. The van der Waals surface area contributed by atoms with Gasteiger partial charge in [0.2, 0.25) is 5.88 Å². The summed E-state index contributed by atoms with van der Waals surface area (Å²) in [6.45, 7) is 2.33. The average molecular weight is 317 g/mol. The van der Waals surface area contributed by atoms with Crippen LogP contribution in [-0.2, 0) is 4.74 Å². The van der Waals surface area contributed by atoms with E-state index in [1.54, 1.807) is 24.1 Å². The quantitative estimate of drug-likeness (QED) is 0.908. The minimum Gasteiger partial charge on any atom is -0.481 e. The molecule has 8 nitrogen and oxygen atoms in total. The molecular weight excluding hydrogens is 298 g/mol. The Morgan fingerprint density at radius 2 is 2.22 bits per heavy atom. The molecule has 0 bridgehead atoms. The Kier molecular flexibility index (Phi) is 4.24. The molecule has 1 saturated heterocycles. The number of aromatic amines is 1. The van der Waals surface area contributed by atoms with Gasteiger partial charge < -0.3 is 14.4 Å². The lowest BCUT2D eigenvalue weighted by Crippen LogP contribution is -2.32. The Morgan fingerprint density at radius 1 is 1.39 bits per heavy atom. The molecule has 2 aromatic rings. The minimum absolute atomic E-state index is 0.0288. The number of likely N-dealkylation sites (tertiary alicyclic amines) is 1. The molecule has 0 aliphatic carbocycles. The van der Waals surface area contributed by atoms with Gasteiger partial charge in [0, 0.05) is 37.4 Å². The summed E-state index contributed by atoms with van der Waals surface area (Å²) >= 11 is 0. The Bertz CT molecular complexity index is 688. The minimum atomic E-state index is -0.186. The van der Waals surface area contributed by atoms with Gasteiger partial charge in [-0.1, -0.05) is 0 Å². The Labute approximate surface area is 133 Å². The summed E-state index contributed by atoms with van der Waals surface area (Å²) < 4.78 is 10.6. The Morgan fingerprint density at radius 3 is 2.87 bits per heavy atom. The molecule has 8 heteroatoms. The fourth-order valence-corrected chi connectivity index (χ4v) is 2.86. The number of methoxy groups -OCH3 is 2. The molecule has 3 heterocycles. The number of hydrogen-bond donors (Lipinski definition) is 1. The number of nitrogens with zero attached hydrogens (tertiary/aromatic N) is 4. The van der Waals surface area contributed by atoms with E-state index >= 15 is 0 Å². The number of pyridine rings is 1. The second kappa shape index (κ2) is 6.33. The molecule has 0 aromatic carbocycles. The Balaban J connectivity index is 1.91. The van der Waals surface area contributed by atoms with Gasteiger partial charge in [0.1, 0.15) is 12.2 Å². The van der Waals surface area contributed by atoms with Crippen molar-refractivity contribution in [3.63, 3.8) is 0 Å². The number of rotatable bonds is 4. The smallest absolute Gasteiger partial charge is 0.254 e. The van der Waals surface area contributed by atoms with Gasteiger partial charge >= 0.3 is 0 Å². The topological polar surface area (TPSA) is 93.2 Å². The molecule has 0 unspecified atom stereocenters. The second-order valence-electron chi connectivity index (χ2n) is 5.48. The van der Waals surface area contributed by atoms with E-state index in [1.807, 2.05) is 6.92 Å². The van der Waals surface area contributed by atoms with Crippen molar-refractivity contribution >= 4 is 5.91 Å². The van der Waals surface area contributed by atoms with Crippen LogP contribution in [0.3, 0.4) is 0 Å². The number of carbonyl (C=O) groups is 1. The number of H-pyrrole nitrogens is 1. The predicted molar refractivity (Wildman–Crippen MR) is 81.1 cm³/mol. The molecule has 23 heavy (non-hydrogen) atoms. The molecule has 0 saturated carbocycles. The van der Waals surface area contributed by atoms with Crippen LogP contribution in [0.1, 0.15) is 34.3 Å². The molecule has 2 atom stereocenters. The molecule has 3 rings (SSSR count). The molecule has 1 aliphatic rings. The van der Waals surface area contributed by atoms with E-state index in [-0.39, 0.29) is 18.1 Å². The SMILES string of the molecule is COc1cc(C(=O)N2C[C@H](OC)C[C@H]2c2ncn[nH]2)cc(C)n1. The van der Waals surface area contributed by atoms with E-state index in [4.69, 9.17) is 9.47 Å². The highest BCUT2D eigenvalue weighted by molar-refractivity contribution is 5.95. The maximum atomic E-state index is 13.0. The van der Waals surface area contributed by atoms with Gasteiger partial charge in [-0.05, 0) is 13.0 Å². The molecular formula is C15H19N5O3. The van der Waals surface area contributed by atoms with Crippen molar-refractivity contribution in [2.75, 3.05) is 20.8 Å². The van der Waals surface area contributed by atoms with E-state index in [9.17, 15) is 4.79 Å². The van der Waals surface area contributed by atoms with Crippen molar-refractivity contribution in [3.8, 4) is 5.88 Å². The van der Waals surface area contributed by atoms with Crippen LogP contribution in [0.25, 0.3) is 0 Å². The van der Waals surface area contributed by atoms with Crippen LogP contribution >= 0.6 is 0 Å². The first kappa shape index (κ1) is 15.4. The van der Waals surface area contributed by atoms with Crippen molar-refractivity contribution < 1.29 is 14.3 Å². The number of aromatic nitrogens is 4. The van der Waals surface area contributed by atoms with Crippen molar-refractivity contribution in [2.45, 2.75) is 25.5 Å². The van der Waals surface area contributed by atoms with Gasteiger partial charge in [-0.2, -0.15) is 5.10 Å². The van der Waals surface area contributed by atoms with Crippen LogP contribution in [-0.4, -0.2) is 57.8 Å². The van der Waals surface area contributed by atoms with Crippen LogP contribution in [0.15, 0.2) is 18.5 Å². The van der Waals surface area contributed by atoms with Gasteiger partial charge in [0.15, 0.2) is 0 Å². The van der Waals surface area contributed by atoms with Crippen molar-refractivity contribution in [3.05, 3.63) is 35.5 Å². The molecule has 0 radical (unpaired) electrons. The lowest BCUT2D eigenvalue weighted by atomic mass is 10.1. The summed E-state index contributed by atoms with van der Waals surface area (Å²) in [5.74, 6) is 0.984. The maximum Gasteiger partial charge on any atom is 0.254 e. The predicted octanol–water partition coefficient (Wildman–Crippen LogP) is 1.12. The molecule has 0 spiro atoms. The largest absolute Gasteiger partial charge is 0.481 e. The number of carbonyl (C=O) groups excluding carboxylic acids is 1. The Hall–Kier alpha value is -2.48. The summed E-state index contributed by atoms with van der Waals surface area (Å²) in [6, 6.07) is 3.21. The zero-order valence-electron chi connectivity index (χ0n) is 13.3. The van der Waals surface area contributed by atoms with E-state index in [0.717, 1.165) is 5.69 Å². The first-order chi connectivity index (χ1) is 11.1. The highest BCUT2D eigenvalue weighted by Gasteiger charge is 2.38. The van der Waals surface area contributed by atoms with E-state index in [0.29, 0.717) is 30.2 Å². The summed E-state index contributed by atoms with van der Waals surface area (Å²) in [6.07, 6.45) is 2.09. The van der Waals surface area contributed by atoms with Gasteiger partial charge in [-0.3, -0.25) is 9.89 Å². The third-order valence-corrected chi connectivity index (χ3v) is 3.99. The normalized spacial score (nSPS) is 20.7. The molecule has 1 N–H and O–H groups in total. The molecule has 1 fully saturated rings. The standard InChI is InChI=1S/C15H19N5O3/c1-9-4-10(5-13(18-9)23-3)15(21)20-7-11(22-2)6-12(20)14-16-8-17-19-14/h4-5,8,11-12H,6-7H2,1-3H3,(H,16,17,19)/t11-,12+/m1/s1. The number of aryl methyl sites for hydroxylation is 1. The van der Waals surface area contributed by atoms with E-state index < -0.39 is 0 Å². The maximum absolute atomic E-state index is 13.0. The summed E-state index contributed by atoms with van der Waals surface area (Å²) in [5, 5.41) is 6.73. The van der Waals surface area contributed by atoms with Crippen molar-refractivity contribution in [2.24, 2.45) is 0 Å². The fraction of sp³-hybridized carbons (Fsp3) is 0.467. The molecule has 1 aliphatic heterocycles. The molecule has 122 valence electrons. The van der Waals surface area contributed by atoms with Gasteiger partial charge in [0.05, 0.1) is 19.3 Å². The number of nitrogens with one attached hydrogen (secondary N) is 1. The first-order valence-corrected chi connectivity index (χ1v) is 7.34. The van der Waals surface area contributed by atoms with E-state index in [1.165, 1.54) is 13.4 Å². The highest BCUT2D eigenvalue weighted by Crippen LogP contribution is 2.32. The van der Waals surface area contributed by atoms with Crippen LogP contribution in [0, 0.1) is 6.92 Å². The molecule has 2 aromatic heterocycles. The van der Waals surface area contributed by atoms with Gasteiger partial charge in [-0.15, -0.1) is 0 Å².